The Balaban J connectivity index is 3.10. The van der Waals surface area contributed by atoms with Gasteiger partial charge in [-0.1, -0.05) is 0 Å². The van der Waals surface area contributed by atoms with Crippen LogP contribution in [-0.2, 0) is 0 Å². The van der Waals surface area contributed by atoms with Gasteiger partial charge in [-0.15, -0.1) is 11.3 Å². The van der Waals surface area contributed by atoms with Crippen molar-refractivity contribution in [2.45, 2.75) is 6.92 Å². The highest BCUT2D eigenvalue weighted by atomic mass is 32.1. The molecule has 0 spiro atoms. The van der Waals surface area contributed by atoms with Crippen LogP contribution in [0.1, 0.15) is 16.6 Å². The zero-order chi connectivity index (χ0) is 8.43. The molecule has 2 N–H and O–H groups in total. The molecule has 0 aromatic carbocycles. The van der Waals surface area contributed by atoms with E-state index in [1.807, 2.05) is 0 Å². The summed E-state index contributed by atoms with van der Waals surface area (Å²) in [5, 5.41) is 13.8. The molecule has 0 fully saturated rings. The summed E-state index contributed by atoms with van der Waals surface area (Å²) in [7, 11) is 1.70. The Morgan fingerprint density at radius 3 is 2.64 bits per heavy atom. The summed E-state index contributed by atoms with van der Waals surface area (Å²) < 4.78 is 0. The highest BCUT2D eigenvalue weighted by molar-refractivity contribution is 7.13. The van der Waals surface area contributed by atoms with Gasteiger partial charge in [0.15, 0.2) is 11.5 Å². The number of carbonyl (C=O) groups excluding carboxylic acids is 1. The number of nitrogens with one attached hydrogen (secondary N) is 1. The first-order chi connectivity index (χ1) is 5.16. The summed E-state index contributed by atoms with van der Waals surface area (Å²) in [6, 6.07) is 0. The van der Waals surface area contributed by atoms with Crippen molar-refractivity contribution < 1.29 is 9.90 Å². The molecule has 3 nitrogen and oxygen atoms in total. The molecule has 0 saturated heterocycles. The predicted octanol–water partition coefficient (Wildman–Crippen LogP) is 1.70. The molecule has 11 heavy (non-hydrogen) atoms. The van der Waals surface area contributed by atoms with Gasteiger partial charge in [-0.2, -0.15) is 0 Å². The van der Waals surface area contributed by atoms with Crippen LogP contribution in [0.25, 0.3) is 0 Å². The average molecular weight is 171 g/mol. The van der Waals surface area contributed by atoms with Gasteiger partial charge < -0.3 is 10.4 Å². The number of hydrogen-bond acceptors (Lipinski definition) is 4. The smallest absolute Gasteiger partial charge is 0.173 e. The molecule has 1 heterocycles. The van der Waals surface area contributed by atoms with Crippen LogP contribution in [0.5, 0.6) is 5.75 Å². The largest absolute Gasteiger partial charge is 0.504 e. The molecule has 0 aliphatic rings. The number of thiophene rings is 1. The summed E-state index contributed by atoms with van der Waals surface area (Å²) in [5.74, 6) is -0.0426. The molecule has 60 valence electrons. The van der Waals surface area contributed by atoms with Crippen LogP contribution in [0.4, 0.5) is 5.69 Å². The summed E-state index contributed by atoms with van der Waals surface area (Å²) in [5.41, 5.74) is 0.611. The lowest BCUT2D eigenvalue weighted by Gasteiger charge is -1.95. The Bertz CT molecular complexity index is 280. The van der Waals surface area contributed by atoms with E-state index in [2.05, 4.69) is 5.32 Å². The standard InChI is InChI=1S/C7H9NO2S/c1-4(9)7-6(10)5(8-2)3-11-7/h3,8,10H,1-2H3. The lowest BCUT2D eigenvalue weighted by Crippen LogP contribution is -1.89. The van der Waals surface area contributed by atoms with Crippen molar-refractivity contribution in [3.8, 4) is 5.75 Å². The van der Waals surface area contributed by atoms with Crippen molar-refractivity contribution in [3.05, 3.63) is 10.3 Å². The maximum atomic E-state index is 10.8. The Labute approximate surface area is 68.7 Å². The van der Waals surface area contributed by atoms with Crippen molar-refractivity contribution in [2.75, 3.05) is 12.4 Å². The molecule has 0 radical (unpaired) electrons. The normalized spacial score (nSPS) is 9.64. The lowest BCUT2D eigenvalue weighted by atomic mass is 10.3. The minimum Gasteiger partial charge on any atom is -0.504 e. The molecule has 1 aromatic rings. The van der Waals surface area contributed by atoms with E-state index in [1.54, 1.807) is 12.4 Å². The van der Waals surface area contributed by atoms with Gasteiger partial charge in [0.1, 0.15) is 4.88 Å². The lowest BCUT2D eigenvalue weighted by molar-refractivity contribution is 0.101. The summed E-state index contributed by atoms with van der Waals surface area (Å²) in [4.78, 5) is 11.2. The zero-order valence-electron chi connectivity index (χ0n) is 6.34. The van der Waals surface area contributed by atoms with Crippen LogP contribution in [0, 0.1) is 0 Å². The number of aromatic hydroxyl groups is 1. The van der Waals surface area contributed by atoms with Gasteiger partial charge in [0.25, 0.3) is 0 Å². The summed E-state index contributed by atoms with van der Waals surface area (Å²) in [6.07, 6.45) is 0. The third-order valence-electron chi connectivity index (χ3n) is 1.35. The van der Waals surface area contributed by atoms with E-state index in [1.165, 1.54) is 18.3 Å². The molecule has 0 atom stereocenters. The Hall–Kier alpha value is -1.03. The van der Waals surface area contributed by atoms with E-state index >= 15 is 0 Å². The Morgan fingerprint density at radius 2 is 2.36 bits per heavy atom. The third kappa shape index (κ3) is 1.35. The Morgan fingerprint density at radius 1 is 1.73 bits per heavy atom. The maximum absolute atomic E-state index is 10.8. The van der Waals surface area contributed by atoms with E-state index in [0.717, 1.165) is 0 Å². The zero-order valence-corrected chi connectivity index (χ0v) is 7.16. The molecule has 0 aliphatic heterocycles. The fourth-order valence-electron chi connectivity index (χ4n) is 0.779. The fourth-order valence-corrected chi connectivity index (χ4v) is 1.63. The van der Waals surface area contributed by atoms with Crippen LogP contribution in [0.15, 0.2) is 5.38 Å². The van der Waals surface area contributed by atoms with Crippen LogP contribution in [0.3, 0.4) is 0 Å². The highest BCUT2D eigenvalue weighted by Gasteiger charge is 2.12. The molecular formula is C7H9NO2S. The van der Waals surface area contributed by atoms with Crippen LogP contribution < -0.4 is 5.32 Å². The van der Waals surface area contributed by atoms with Crippen LogP contribution in [-0.4, -0.2) is 17.9 Å². The number of rotatable bonds is 2. The topological polar surface area (TPSA) is 49.3 Å². The van der Waals surface area contributed by atoms with Crippen molar-refractivity contribution >= 4 is 22.8 Å². The van der Waals surface area contributed by atoms with Gasteiger partial charge in [-0.05, 0) is 0 Å². The molecule has 0 amide bonds. The first-order valence-corrected chi connectivity index (χ1v) is 4.04. The van der Waals surface area contributed by atoms with Gasteiger partial charge in [0, 0.05) is 19.4 Å². The quantitative estimate of drug-likeness (QED) is 0.666. The van der Waals surface area contributed by atoms with E-state index in [-0.39, 0.29) is 11.5 Å². The van der Waals surface area contributed by atoms with Crippen molar-refractivity contribution in [1.82, 2.24) is 0 Å². The fraction of sp³-hybridized carbons (Fsp3) is 0.286. The molecular weight excluding hydrogens is 162 g/mol. The molecule has 0 bridgehead atoms. The van der Waals surface area contributed by atoms with E-state index < -0.39 is 0 Å². The Kier molecular flexibility index (Phi) is 2.14. The molecule has 0 saturated carbocycles. The number of anilines is 1. The van der Waals surface area contributed by atoms with Gasteiger partial charge >= 0.3 is 0 Å². The molecule has 0 aliphatic carbocycles. The second-order valence-corrected chi connectivity index (χ2v) is 3.01. The second kappa shape index (κ2) is 2.92. The maximum Gasteiger partial charge on any atom is 0.173 e. The third-order valence-corrected chi connectivity index (χ3v) is 2.42. The number of carbonyl (C=O) groups is 1. The van der Waals surface area contributed by atoms with Crippen molar-refractivity contribution in [1.29, 1.82) is 0 Å². The summed E-state index contributed by atoms with van der Waals surface area (Å²) in [6.45, 7) is 1.44. The highest BCUT2D eigenvalue weighted by Crippen LogP contribution is 2.33. The van der Waals surface area contributed by atoms with Gasteiger partial charge in [-0.25, -0.2) is 0 Å². The van der Waals surface area contributed by atoms with Crippen molar-refractivity contribution in [3.63, 3.8) is 0 Å². The summed E-state index contributed by atoms with van der Waals surface area (Å²) >= 11 is 1.25. The van der Waals surface area contributed by atoms with Gasteiger partial charge in [0.2, 0.25) is 0 Å². The van der Waals surface area contributed by atoms with Crippen LogP contribution in [0.2, 0.25) is 0 Å². The van der Waals surface area contributed by atoms with Crippen molar-refractivity contribution in [2.24, 2.45) is 0 Å². The SMILES string of the molecule is CNc1csc(C(C)=O)c1O. The number of Topliss-reactive ketones (excluding diaryl/α,β-unsaturated/α-hetero) is 1. The average Bonchev–Trinajstić information content (AvgIpc) is 2.30. The van der Waals surface area contributed by atoms with E-state index in [4.69, 9.17) is 0 Å². The molecule has 0 unspecified atom stereocenters. The first kappa shape index (κ1) is 8.07. The number of ketones is 1. The van der Waals surface area contributed by atoms with Gasteiger partial charge in [0.05, 0.1) is 5.69 Å². The minimum atomic E-state index is -0.103. The van der Waals surface area contributed by atoms with Gasteiger partial charge in [-0.3, -0.25) is 4.79 Å². The van der Waals surface area contributed by atoms with E-state index in [0.29, 0.717) is 10.6 Å². The molecule has 1 aromatic heterocycles. The molecule has 4 heteroatoms. The molecule has 1 rings (SSSR count). The second-order valence-electron chi connectivity index (χ2n) is 2.13. The van der Waals surface area contributed by atoms with E-state index in [9.17, 15) is 9.90 Å². The monoisotopic (exact) mass is 171 g/mol. The first-order valence-electron chi connectivity index (χ1n) is 3.16. The number of hydrogen-bond donors (Lipinski definition) is 2. The predicted molar refractivity (Wildman–Crippen MR) is 45.5 cm³/mol. The van der Waals surface area contributed by atoms with Crippen LogP contribution >= 0.6 is 11.3 Å². The minimum absolute atomic E-state index is 0.0602.